The molecule has 3 heteroatoms. The first-order chi connectivity index (χ1) is 7.72. The van der Waals surface area contributed by atoms with Gasteiger partial charge >= 0.3 is 0 Å². The lowest BCUT2D eigenvalue weighted by atomic mass is 10.1. The number of carbonyl (C=O) groups excluding carboxylic acids is 1. The van der Waals surface area contributed by atoms with Crippen molar-refractivity contribution >= 4 is 5.91 Å². The Balaban J connectivity index is 2.11. The van der Waals surface area contributed by atoms with Crippen LogP contribution in [-0.2, 0) is 4.79 Å². The fourth-order valence-electron chi connectivity index (χ4n) is 2.22. The maximum absolute atomic E-state index is 11.8. The summed E-state index contributed by atoms with van der Waals surface area (Å²) in [5, 5.41) is 9.08. The first-order valence-corrected chi connectivity index (χ1v) is 5.67. The van der Waals surface area contributed by atoms with Gasteiger partial charge in [-0.25, -0.2) is 0 Å². The van der Waals surface area contributed by atoms with Gasteiger partial charge in [0.15, 0.2) is 0 Å². The molecule has 0 aromatic heterocycles. The molecule has 2 rings (SSSR count). The van der Waals surface area contributed by atoms with Gasteiger partial charge in [-0.1, -0.05) is 30.3 Å². The van der Waals surface area contributed by atoms with Crippen LogP contribution in [0.2, 0.25) is 0 Å². The molecule has 1 aromatic carbocycles. The van der Waals surface area contributed by atoms with Crippen LogP contribution in [0.1, 0.15) is 24.9 Å². The van der Waals surface area contributed by atoms with Crippen LogP contribution in [0.4, 0.5) is 0 Å². The molecule has 3 nitrogen and oxygen atoms in total. The Morgan fingerprint density at radius 2 is 2.12 bits per heavy atom. The zero-order valence-electron chi connectivity index (χ0n) is 9.47. The zero-order valence-corrected chi connectivity index (χ0v) is 9.47. The van der Waals surface area contributed by atoms with Crippen molar-refractivity contribution in [2.24, 2.45) is 5.92 Å². The number of nitrogens with zero attached hydrogens (tertiary/aromatic N) is 1. The third kappa shape index (κ3) is 2.09. The van der Waals surface area contributed by atoms with Gasteiger partial charge in [-0.05, 0) is 12.5 Å². The van der Waals surface area contributed by atoms with Gasteiger partial charge in [-0.2, -0.15) is 0 Å². The van der Waals surface area contributed by atoms with E-state index in [1.807, 2.05) is 42.2 Å². The molecule has 1 aromatic rings. The quantitative estimate of drug-likeness (QED) is 0.838. The summed E-state index contributed by atoms with van der Waals surface area (Å²) in [6.07, 6.45) is 0.480. The molecule has 2 atom stereocenters. The topological polar surface area (TPSA) is 40.5 Å². The largest absolute Gasteiger partial charge is 0.396 e. The molecule has 0 aliphatic carbocycles. The molecule has 1 fully saturated rings. The third-order valence-electron chi connectivity index (χ3n) is 3.25. The summed E-state index contributed by atoms with van der Waals surface area (Å²) in [6, 6.07) is 10.1. The van der Waals surface area contributed by atoms with Crippen LogP contribution in [-0.4, -0.2) is 29.1 Å². The predicted octanol–water partition coefficient (Wildman–Crippen LogP) is 1.59. The van der Waals surface area contributed by atoms with Gasteiger partial charge in [0.05, 0.1) is 6.04 Å². The minimum absolute atomic E-state index is 0.101. The third-order valence-corrected chi connectivity index (χ3v) is 3.25. The van der Waals surface area contributed by atoms with E-state index in [9.17, 15) is 4.79 Å². The van der Waals surface area contributed by atoms with Crippen LogP contribution in [0, 0.1) is 5.92 Å². The second-order valence-electron chi connectivity index (χ2n) is 4.39. The summed E-state index contributed by atoms with van der Waals surface area (Å²) in [4.78, 5) is 13.6. The Kier molecular flexibility index (Phi) is 3.25. The lowest BCUT2D eigenvalue weighted by Crippen LogP contribution is -2.28. The molecule has 0 spiro atoms. The number of carbonyl (C=O) groups is 1. The molecule has 1 aliphatic heterocycles. The van der Waals surface area contributed by atoms with Gasteiger partial charge in [-0.3, -0.25) is 4.79 Å². The van der Waals surface area contributed by atoms with Crippen molar-refractivity contribution < 1.29 is 9.90 Å². The molecule has 0 radical (unpaired) electrons. The first kappa shape index (κ1) is 11.1. The summed E-state index contributed by atoms with van der Waals surface area (Å²) in [5.74, 6) is 0.258. The molecule has 86 valence electrons. The van der Waals surface area contributed by atoms with Crippen molar-refractivity contribution in [2.75, 3.05) is 13.2 Å². The van der Waals surface area contributed by atoms with Crippen LogP contribution in [0.15, 0.2) is 30.3 Å². The number of benzene rings is 1. The molecule has 0 unspecified atom stereocenters. The number of aliphatic hydroxyl groups is 1. The van der Waals surface area contributed by atoms with Crippen molar-refractivity contribution in [3.05, 3.63) is 35.9 Å². The molecule has 1 heterocycles. The summed E-state index contributed by atoms with van der Waals surface area (Å²) >= 11 is 0. The number of hydrogen-bond donors (Lipinski definition) is 1. The smallest absolute Gasteiger partial charge is 0.223 e. The maximum atomic E-state index is 11.8. The van der Waals surface area contributed by atoms with Gasteiger partial charge in [0.2, 0.25) is 5.91 Å². The van der Waals surface area contributed by atoms with Gasteiger partial charge in [0.1, 0.15) is 0 Å². The maximum Gasteiger partial charge on any atom is 0.223 e. The van der Waals surface area contributed by atoms with Crippen molar-refractivity contribution in [3.63, 3.8) is 0 Å². The van der Waals surface area contributed by atoms with E-state index in [0.29, 0.717) is 13.0 Å². The van der Waals surface area contributed by atoms with Crippen molar-refractivity contribution in [1.82, 2.24) is 4.90 Å². The molecule has 1 aliphatic rings. The minimum Gasteiger partial charge on any atom is -0.396 e. The highest BCUT2D eigenvalue weighted by Gasteiger charge is 2.32. The summed E-state index contributed by atoms with van der Waals surface area (Å²) in [6.45, 7) is 2.81. The fraction of sp³-hybridized carbons (Fsp3) is 0.462. The minimum atomic E-state index is 0.101. The number of aliphatic hydroxyl groups excluding tert-OH is 1. The van der Waals surface area contributed by atoms with Crippen molar-refractivity contribution in [3.8, 4) is 0 Å². The van der Waals surface area contributed by atoms with E-state index < -0.39 is 0 Å². The second-order valence-corrected chi connectivity index (χ2v) is 4.39. The Morgan fingerprint density at radius 1 is 1.44 bits per heavy atom. The van der Waals surface area contributed by atoms with Gasteiger partial charge in [0.25, 0.3) is 0 Å². The fourth-order valence-corrected chi connectivity index (χ4v) is 2.22. The van der Waals surface area contributed by atoms with E-state index in [4.69, 9.17) is 5.11 Å². The summed E-state index contributed by atoms with van der Waals surface area (Å²) < 4.78 is 0. The highest BCUT2D eigenvalue weighted by atomic mass is 16.3. The average molecular weight is 219 g/mol. The lowest BCUT2D eigenvalue weighted by molar-refractivity contribution is -0.129. The molecular weight excluding hydrogens is 202 g/mol. The molecule has 1 amide bonds. The highest BCUT2D eigenvalue weighted by molar-refractivity contribution is 5.79. The van der Waals surface area contributed by atoms with E-state index in [2.05, 4.69) is 0 Å². The van der Waals surface area contributed by atoms with Gasteiger partial charge in [0, 0.05) is 25.5 Å². The van der Waals surface area contributed by atoms with Crippen LogP contribution in [0.25, 0.3) is 0 Å². The SMILES string of the molecule is C[C@@H](c1ccccc1)N1C[C@H](CO)CC1=O. The standard InChI is InChI=1S/C13H17NO2/c1-10(12-5-3-2-4-6-12)14-8-11(9-15)7-13(14)16/h2-6,10-11,15H,7-9H2,1H3/t10-,11+/m0/s1. The van der Waals surface area contributed by atoms with Crippen molar-refractivity contribution in [2.45, 2.75) is 19.4 Å². The Morgan fingerprint density at radius 3 is 2.69 bits per heavy atom. The van der Waals surface area contributed by atoms with Crippen LogP contribution >= 0.6 is 0 Å². The second kappa shape index (κ2) is 4.66. The Bertz CT molecular complexity index is 363. The Labute approximate surface area is 95.7 Å². The van der Waals surface area contributed by atoms with Crippen LogP contribution in [0.3, 0.4) is 0 Å². The molecule has 0 bridgehead atoms. The van der Waals surface area contributed by atoms with E-state index in [0.717, 1.165) is 5.56 Å². The summed E-state index contributed by atoms with van der Waals surface area (Å²) in [7, 11) is 0. The van der Waals surface area contributed by atoms with Crippen molar-refractivity contribution in [1.29, 1.82) is 0 Å². The van der Waals surface area contributed by atoms with Crippen LogP contribution in [0.5, 0.6) is 0 Å². The number of amides is 1. The van der Waals surface area contributed by atoms with E-state index in [-0.39, 0.29) is 24.5 Å². The molecule has 1 saturated heterocycles. The molecule has 16 heavy (non-hydrogen) atoms. The zero-order chi connectivity index (χ0) is 11.5. The molecule has 0 saturated carbocycles. The van der Waals surface area contributed by atoms with Crippen LogP contribution < -0.4 is 0 Å². The molecular formula is C13H17NO2. The van der Waals surface area contributed by atoms with Gasteiger partial charge < -0.3 is 10.0 Å². The monoisotopic (exact) mass is 219 g/mol. The lowest BCUT2D eigenvalue weighted by Gasteiger charge is -2.25. The summed E-state index contributed by atoms with van der Waals surface area (Å²) in [5.41, 5.74) is 1.15. The van der Waals surface area contributed by atoms with E-state index in [1.165, 1.54) is 0 Å². The predicted molar refractivity (Wildman–Crippen MR) is 61.8 cm³/mol. The Hall–Kier alpha value is -1.35. The molecule has 1 N–H and O–H groups in total. The highest BCUT2D eigenvalue weighted by Crippen LogP contribution is 2.27. The first-order valence-electron chi connectivity index (χ1n) is 5.67. The average Bonchev–Trinajstić information content (AvgIpc) is 2.71. The van der Waals surface area contributed by atoms with E-state index in [1.54, 1.807) is 0 Å². The number of rotatable bonds is 3. The van der Waals surface area contributed by atoms with E-state index >= 15 is 0 Å². The number of likely N-dealkylation sites (tertiary alicyclic amines) is 1. The van der Waals surface area contributed by atoms with Gasteiger partial charge in [-0.15, -0.1) is 0 Å². The normalized spacial score (nSPS) is 22.5. The number of hydrogen-bond acceptors (Lipinski definition) is 2.